The van der Waals surface area contributed by atoms with Gasteiger partial charge in [-0.3, -0.25) is 24.0 Å². The fourth-order valence-corrected chi connectivity index (χ4v) is 3.79. The Morgan fingerprint density at radius 3 is 1.54 bits per heavy atom. The Morgan fingerprint density at radius 2 is 1.08 bits per heavy atom. The van der Waals surface area contributed by atoms with Crippen molar-refractivity contribution in [3.8, 4) is 0 Å². The van der Waals surface area contributed by atoms with E-state index in [2.05, 4.69) is 36.7 Å². The maximum absolute atomic E-state index is 13.4. The van der Waals surface area contributed by atoms with Crippen LogP contribution in [0.15, 0.2) is 0 Å². The minimum atomic E-state index is -0.842. The van der Waals surface area contributed by atoms with Crippen molar-refractivity contribution in [2.45, 2.75) is 146 Å². The first kappa shape index (κ1) is 36.9. The highest BCUT2D eigenvalue weighted by Gasteiger charge is 2.34. The van der Waals surface area contributed by atoms with Crippen LogP contribution in [0.4, 0.5) is 0 Å². The highest BCUT2D eigenvalue weighted by atomic mass is 16.2. The summed E-state index contributed by atoms with van der Waals surface area (Å²) in [5.74, 6) is -0.982. The molecule has 0 aromatic carbocycles. The van der Waals surface area contributed by atoms with Crippen molar-refractivity contribution in [2.75, 3.05) is 6.54 Å². The number of Topliss-reactive ketones (excluding diaryl/α,β-unsaturated/α-hetero) is 3. The molecule has 0 saturated heterocycles. The molecular formula is C31H57N3O5. The molecule has 0 aromatic rings. The molecule has 0 fully saturated rings. The summed E-state index contributed by atoms with van der Waals surface area (Å²) in [6.07, 6.45) is 2.35. The van der Waals surface area contributed by atoms with Gasteiger partial charge in [-0.1, -0.05) is 62.3 Å². The summed E-state index contributed by atoms with van der Waals surface area (Å²) in [4.78, 5) is 64.3. The van der Waals surface area contributed by atoms with Crippen LogP contribution in [0, 0.1) is 16.2 Å². The molecule has 0 aromatic heterocycles. The number of nitrogens with one attached hydrogen (secondary N) is 3. The van der Waals surface area contributed by atoms with Gasteiger partial charge in [0, 0.05) is 41.0 Å². The monoisotopic (exact) mass is 551 g/mol. The van der Waals surface area contributed by atoms with E-state index < -0.39 is 34.2 Å². The van der Waals surface area contributed by atoms with Crippen molar-refractivity contribution in [2.24, 2.45) is 16.2 Å². The second kappa shape index (κ2) is 15.1. The van der Waals surface area contributed by atoms with Crippen LogP contribution in [0.25, 0.3) is 0 Å². The van der Waals surface area contributed by atoms with Gasteiger partial charge in [-0.05, 0) is 53.0 Å². The van der Waals surface area contributed by atoms with E-state index >= 15 is 0 Å². The molecule has 0 saturated carbocycles. The quantitative estimate of drug-likeness (QED) is 0.248. The Morgan fingerprint density at radius 1 is 0.564 bits per heavy atom. The second-order valence-corrected chi connectivity index (χ2v) is 14.9. The van der Waals surface area contributed by atoms with Gasteiger partial charge in [0.1, 0.15) is 17.6 Å². The summed E-state index contributed by atoms with van der Waals surface area (Å²) >= 11 is 0. The van der Waals surface area contributed by atoms with Crippen LogP contribution in [-0.2, 0) is 24.0 Å². The van der Waals surface area contributed by atoms with Crippen LogP contribution in [0.2, 0.25) is 0 Å². The number of carbonyl (C=O) groups excluding carboxylic acids is 5. The molecule has 226 valence electrons. The summed E-state index contributed by atoms with van der Waals surface area (Å²) in [6.45, 7) is 23.3. The lowest BCUT2D eigenvalue weighted by molar-refractivity contribution is -0.135. The van der Waals surface area contributed by atoms with Crippen LogP contribution >= 0.6 is 0 Å². The third-order valence-corrected chi connectivity index (χ3v) is 6.51. The van der Waals surface area contributed by atoms with Gasteiger partial charge >= 0.3 is 0 Å². The first-order chi connectivity index (χ1) is 17.4. The highest BCUT2D eigenvalue weighted by molar-refractivity contribution is 5.96. The maximum atomic E-state index is 13.4. The van der Waals surface area contributed by atoms with Gasteiger partial charge < -0.3 is 16.0 Å². The predicted molar refractivity (Wildman–Crippen MR) is 157 cm³/mol. The summed E-state index contributed by atoms with van der Waals surface area (Å²) in [6, 6.07) is -1.68. The lowest BCUT2D eigenvalue weighted by atomic mass is 9.82. The summed E-state index contributed by atoms with van der Waals surface area (Å²) in [5.41, 5.74) is -1.81. The normalized spacial score (nSPS) is 14.4. The van der Waals surface area contributed by atoms with E-state index in [-0.39, 0.29) is 54.5 Å². The predicted octanol–water partition coefficient (Wildman–Crippen LogP) is 4.92. The fourth-order valence-electron chi connectivity index (χ4n) is 3.79. The van der Waals surface area contributed by atoms with E-state index in [0.29, 0.717) is 12.8 Å². The molecule has 0 spiro atoms. The molecule has 2 amide bonds. The molecule has 0 heterocycles. The molecule has 0 radical (unpaired) electrons. The molecule has 0 rings (SSSR count). The van der Waals surface area contributed by atoms with Crippen molar-refractivity contribution in [1.82, 2.24) is 16.0 Å². The SMILES string of the molecule is CC(C)(C)NCCCCC(NC(=O)CCC(=O)C(C)(C)C)C(=O)NC(CCC(=O)C(C)(C)C)C(=O)C(C)(C)C. The van der Waals surface area contributed by atoms with Crippen LogP contribution in [0.1, 0.15) is 128 Å². The Kier molecular flexibility index (Phi) is 14.3. The average molecular weight is 552 g/mol. The summed E-state index contributed by atoms with van der Waals surface area (Å²) < 4.78 is 0. The fraction of sp³-hybridized carbons (Fsp3) is 0.839. The molecule has 8 nitrogen and oxygen atoms in total. The van der Waals surface area contributed by atoms with Crippen LogP contribution in [0.3, 0.4) is 0 Å². The molecule has 0 bridgehead atoms. The topological polar surface area (TPSA) is 121 Å². The Labute approximate surface area is 237 Å². The van der Waals surface area contributed by atoms with E-state index in [1.54, 1.807) is 20.8 Å². The minimum absolute atomic E-state index is 0.00407. The molecule has 0 aliphatic heterocycles. The van der Waals surface area contributed by atoms with Crippen molar-refractivity contribution in [1.29, 1.82) is 0 Å². The van der Waals surface area contributed by atoms with Gasteiger partial charge in [-0.25, -0.2) is 0 Å². The van der Waals surface area contributed by atoms with E-state index in [9.17, 15) is 24.0 Å². The van der Waals surface area contributed by atoms with Crippen molar-refractivity contribution in [3.63, 3.8) is 0 Å². The molecule has 39 heavy (non-hydrogen) atoms. The smallest absolute Gasteiger partial charge is 0.243 e. The number of carbonyl (C=O) groups is 5. The van der Waals surface area contributed by atoms with Crippen LogP contribution in [-0.4, -0.2) is 53.3 Å². The maximum Gasteiger partial charge on any atom is 0.243 e. The summed E-state index contributed by atoms with van der Waals surface area (Å²) in [7, 11) is 0. The Balaban J connectivity index is 5.60. The largest absolute Gasteiger partial charge is 0.344 e. The lowest BCUT2D eigenvalue weighted by Gasteiger charge is -2.28. The van der Waals surface area contributed by atoms with E-state index in [4.69, 9.17) is 0 Å². The Bertz CT molecular complexity index is 851. The van der Waals surface area contributed by atoms with Gasteiger partial charge in [0.15, 0.2) is 5.78 Å². The van der Waals surface area contributed by atoms with Crippen molar-refractivity contribution >= 4 is 29.2 Å². The molecular weight excluding hydrogens is 494 g/mol. The van der Waals surface area contributed by atoms with E-state index in [1.807, 2.05) is 41.5 Å². The molecule has 0 aliphatic carbocycles. The zero-order valence-corrected chi connectivity index (χ0v) is 26.9. The number of unbranched alkanes of at least 4 members (excludes halogenated alkanes) is 1. The van der Waals surface area contributed by atoms with Gasteiger partial charge in [-0.2, -0.15) is 0 Å². The highest BCUT2D eigenvalue weighted by Crippen LogP contribution is 2.23. The molecule has 0 aliphatic rings. The minimum Gasteiger partial charge on any atom is -0.344 e. The lowest BCUT2D eigenvalue weighted by Crippen LogP contribution is -2.53. The van der Waals surface area contributed by atoms with Gasteiger partial charge in [0.2, 0.25) is 11.8 Å². The van der Waals surface area contributed by atoms with Gasteiger partial charge in [0.25, 0.3) is 0 Å². The van der Waals surface area contributed by atoms with E-state index in [0.717, 1.165) is 13.0 Å². The Hall–Kier alpha value is -2.09. The molecule has 8 heteroatoms. The number of hydrogen-bond acceptors (Lipinski definition) is 6. The van der Waals surface area contributed by atoms with Crippen LogP contribution in [0.5, 0.6) is 0 Å². The third kappa shape index (κ3) is 15.9. The number of hydrogen-bond donors (Lipinski definition) is 3. The van der Waals surface area contributed by atoms with Crippen LogP contribution < -0.4 is 16.0 Å². The summed E-state index contributed by atoms with van der Waals surface area (Å²) in [5, 5.41) is 9.07. The zero-order valence-electron chi connectivity index (χ0n) is 26.9. The first-order valence-electron chi connectivity index (χ1n) is 14.4. The average Bonchev–Trinajstić information content (AvgIpc) is 2.75. The first-order valence-corrected chi connectivity index (χ1v) is 14.4. The number of amides is 2. The standard InChI is InChI=1S/C31H57N3O5/c1-28(2,3)23(35)17-16-21(26(38)30(7,8)9)34-27(39)22(15-13-14-20-32-31(10,11)12)33-25(37)19-18-24(36)29(4,5)6/h21-22,32H,13-20H2,1-12H3,(H,33,37)(H,34,39). The molecule has 2 atom stereocenters. The van der Waals surface area contributed by atoms with Gasteiger partial charge in [-0.15, -0.1) is 0 Å². The van der Waals surface area contributed by atoms with Gasteiger partial charge in [0.05, 0.1) is 6.04 Å². The van der Waals surface area contributed by atoms with E-state index in [1.165, 1.54) is 0 Å². The molecule has 2 unspecified atom stereocenters. The number of rotatable bonds is 15. The zero-order chi connectivity index (χ0) is 30.8. The molecule has 3 N–H and O–H groups in total. The second-order valence-electron chi connectivity index (χ2n) is 14.9. The van der Waals surface area contributed by atoms with Crippen molar-refractivity contribution < 1.29 is 24.0 Å². The third-order valence-electron chi connectivity index (χ3n) is 6.51. The van der Waals surface area contributed by atoms with Crippen molar-refractivity contribution in [3.05, 3.63) is 0 Å². The number of ketones is 3.